The molecular weight excluding hydrogens is 334 g/mol. The summed E-state index contributed by atoms with van der Waals surface area (Å²) in [6.45, 7) is 2.49. The third-order valence-corrected chi connectivity index (χ3v) is 6.74. The van der Waals surface area contributed by atoms with Gasteiger partial charge < -0.3 is 0 Å². The van der Waals surface area contributed by atoms with E-state index in [1.54, 1.807) is 0 Å². The van der Waals surface area contributed by atoms with Gasteiger partial charge in [0, 0.05) is 17.2 Å². The molecule has 1 fully saturated rings. The average Bonchev–Trinajstić information content (AvgIpc) is 2.81. The highest BCUT2D eigenvalue weighted by atomic mass is 35.7. The molecule has 0 amide bonds. The molecule has 2 atom stereocenters. The Morgan fingerprint density at radius 2 is 1.86 bits per heavy atom. The molecule has 1 aromatic rings. The Morgan fingerprint density at radius 3 is 2.43 bits per heavy atom. The van der Waals surface area contributed by atoms with Crippen molar-refractivity contribution in [2.75, 3.05) is 6.54 Å². The van der Waals surface area contributed by atoms with E-state index in [9.17, 15) is 16.8 Å². The summed E-state index contributed by atoms with van der Waals surface area (Å²) in [4.78, 5) is -0.309. The molecule has 0 bridgehead atoms. The van der Waals surface area contributed by atoms with Crippen LogP contribution in [0.2, 0.25) is 0 Å². The predicted molar refractivity (Wildman–Crippen MR) is 81.2 cm³/mol. The number of rotatable bonds is 5. The van der Waals surface area contributed by atoms with Crippen LogP contribution in [0.25, 0.3) is 0 Å². The highest BCUT2D eigenvalue weighted by Gasteiger charge is 2.25. The molecule has 8 heteroatoms. The van der Waals surface area contributed by atoms with Gasteiger partial charge in [0.25, 0.3) is 9.05 Å². The highest BCUT2D eigenvalue weighted by molar-refractivity contribution is 8.13. The molecule has 0 spiro atoms. The molecule has 0 aliphatic heterocycles. The first kappa shape index (κ1) is 16.7. The van der Waals surface area contributed by atoms with Gasteiger partial charge in [-0.3, -0.25) is 0 Å². The predicted octanol–water partition coefficient (Wildman–Crippen LogP) is 2.33. The first-order chi connectivity index (χ1) is 9.70. The molecule has 1 aliphatic rings. The van der Waals surface area contributed by atoms with Crippen LogP contribution in [-0.2, 0) is 19.1 Å². The smallest absolute Gasteiger partial charge is 0.211 e. The lowest BCUT2D eigenvalue weighted by molar-refractivity contribution is 0.414. The van der Waals surface area contributed by atoms with Gasteiger partial charge in [0.1, 0.15) is 0 Å². The van der Waals surface area contributed by atoms with Gasteiger partial charge in [-0.2, -0.15) is 0 Å². The van der Waals surface area contributed by atoms with Gasteiger partial charge in [0.15, 0.2) is 0 Å². The van der Waals surface area contributed by atoms with Gasteiger partial charge in [-0.15, -0.1) is 0 Å². The van der Waals surface area contributed by atoms with Crippen LogP contribution in [0.5, 0.6) is 0 Å². The minimum absolute atomic E-state index is 0.0881. The van der Waals surface area contributed by atoms with Crippen molar-refractivity contribution < 1.29 is 16.8 Å². The lowest BCUT2D eigenvalue weighted by Crippen LogP contribution is -2.30. The third-order valence-electron chi connectivity index (χ3n) is 3.97. The average molecular weight is 352 g/mol. The summed E-state index contributed by atoms with van der Waals surface area (Å²) in [6.07, 6.45) is 3.25. The second-order valence-corrected chi connectivity index (χ2v) is 9.77. The normalized spacial score (nSPS) is 23.3. The number of benzene rings is 1. The first-order valence-electron chi connectivity index (χ1n) is 6.74. The SMILES string of the molecule is CC1CCCC1CNS(=O)(=O)c1cccc(S(=O)(=O)Cl)c1. The van der Waals surface area contributed by atoms with Crippen LogP contribution < -0.4 is 4.72 Å². The monoisotopic (exact) mass is 351 g/mol. The quantitative estimate of drug-likeness (QED) is 0.825. The van der Waals surface area contributed by atoms with Gasteiger partial charge in [-0.05, 0) is 36.5 Å². The van der Waals surface area contributed by atoms with E-state index < -0.39 is 19.1 Å². The Hall–Kier alpha value is -0.630. The van der Waals surface area contributed by atoms with E-state index in [4.69, 9.17) is 10.7 Å². The molecule has 0 radical (unpaired) electrons. The van der Waals surface area contributed by atoms with Crippen LogP contribution in [0.4, 0.5) is 0 Å². The highest BCUT2D eigenvalue weighted by Crippen LogP contribution is 2.30. The largest absolute Gasteiger partial charge is 0.261 e. The Balaban J connectivity index is 2.16. The maximum absolute atomic E-state index is 12.2. The van der Waals surface area contributed by atoms with Crippen LogP contribution in [0.3, 0.4) is 0 Å². The summed E-state index contributed by atoms with van der Waals surface area (Å²) in [6, 6.07) is 5.05. The maximum atomic E-state index is 12.2. The molecule has 5 nitrogen and oxygen atoms in total. The number of hydrogen-bond acceptors (Lipinski definition) is 4. The molecule has 1 aromatic carbocycles. The Kier molecular flexibility index (Phi) is 4.97. The topological polar surface area (TPSA) is 80.3 Å². The molecule has 2 rings (SSSR count). The van der Waals surface area contributed by atoms with Crippen LogP contribution in [-0.4, -0.2) is 23.4 Å². The number of halogens is 1. The second-order valence-electron chi connectivity index (χ2n) is 5.43. The zero-order chi connectivity index (χ0) is 15.7. The Morgan fingerprint density at radius 1 is 1.19 bits per heavy atom. The van der Waals surface area contributed by atoms with Crippen molar-refractivity contribution in [2.45, 2.75) is 36.0 Å². The van der Waals surface area contributed by atoms with Gasteiger partial charge in [0.2, 0.25) is 10.0 Å². The van der Waals surface area contributed by atoms with Gasteiger partial charge in [-0.1, -0.05) is 25.8 Å². The summed E-state index contributed by atoms with van der Waals surface area (Å²) >= 11 is 0. The molecule has 21 heavy (non-hydrogen) atoms. The Labute approximate surface area is 130 Å². The van der Waals surface area contributed by atoms with E-state index in [2.05, 4.69) is 11.6 Å². The van der Waals surface area contributed by atoms with Crippen LogP contribution in [0.15, 0.2) is 34.1 Å². The molecule has 1 N–H and O–H groups in total. The van der Waals surface area contributed by atoms with Gasteiger partial charge in [0.05, 0.1) is 9.79 Å². The van der Waals surface area contributed by atoms with Crippen molar-refractivity contribution in [3.63, 3.8) is 0 Å². The molecule has 2 unspecified atom stereocenters. The van der Waals surface area contributed by atoms with Gasteiger partial charge in [-0.25, -0.2) is 21.6 Å². The fraction of sp³-hybridized carbons (Fsp3) is 0.538. The molecular formula is C13H18ClNO4S2. The number of hydrogen-bond donors (Lipinski definition) is 1. The lowest BCUT2D eigenvalue weighted by atomic mass is 9.99. The molecule has 1 aliphatic carbocycles. The first-order valence-corrected chi connectivity index (χ1v) is 10.5. The summed E-state index contributed by atoms with van der Waals surface area (Å²) in [5.41, 5.74) is 0. The summed E-state index contributed by atoms with van der Waals surface area (Å²) in [5.74, 6) is 0.835. The van der Waals surface area contributed by atoms with Crippen LogP contribution >= 0.6 is 10.7 Å². The van der Waals surface area contributed by atoms with E-state index in [0.717, 1.165) is 25.3 Å². The fourth-order valence-electron chi connectivity index (χ4n) is 2.62. The van der Waals surface area contributed by atoms with Crippen molar-refractivity contribution >= 4 is 29.8 Å². The van der Waals surface area contributed by atoms with Crippen molar-refractivity contribution in [1.29, 1.82) is 0 Å². The lowest BCUT2D eigenvalue weighted by Gasteiger charge is -2.16. The number of nitrogens with one attached hydrogen (secondary N) is 1. The van der Waals surface area contributed by atoms with E-state index in [0.29, 0.717) is 18.4 Å². The van der Waals surface area contributed by atoms with Crippen molar-refractivity contribution in [3.8, 4) is 0 Å². The zero-order valence-corrected chi connectivity index (χ0v) is 14.0. The standard InChI is InChI=1S/C13H18ClNO4S2/c1-10-4-2-5-11(10)9-15-21(18,19)13-7-3-6-12(8-13)20(14,16)17/h3,6-8,10-11,15H,2,4-5,9H2,1H3. The zero-order valence-electron chi connectivity index (χ0n) is 11.6. The third kappa shape index (κ3) is 4.18. The Bertz CT molecular complexity index is 715. The van der Waals surface area contributed by atoms with E-state index >= 15 is 0 Å². The molecule has 0 aromatic heterocycles. The van der Waals surface area contributed by atoms with Crippen molar-refractivity contribution in [2.24, 2.45) is 11.8 Å². The molecule has 0 saturated heterocycles. The number of sulfonamides is 1. The summed E-state index contributed by atoms with van der Waals surface area (Å²) < 4.78 is 49.6. The minimum Gasteiger partial charge on any atom is -0.211 e. The van der Waals surface area contributed by atoms with Crippen molar-refractivity contribution in [1.82, 2.24) is 4.72 Å². The maximum Gasteiger partial charge on any atom is 0.261 e. The van der Waals surface area contributed by atoms with Crippen LogP contribution in [0, 0.1) is 11.8 Å². The molecule has 118 valence electrons. The van der Waals surface area contributed by atoms with Crippen LogP contribution in [0.1, 0.15) is 26.2 Å². The van der Waals surface area contributed by atoms with Gasteiger partial charge >= 0.3 is 0 Å². The second kappa shape index (κ2) is 6.24. The van der Waals surface area contributed by atoms with E-state index in [-0.39, 0.29) is 9.79 Å². The van der Waals surface area contributed by atoms with E-state index in [1.165, 1.54) is 18.2 Å². The fourth-order valence-corrected chi connectivity index (χ4v) is 4.63. The van der Waals surface area contributed by atoms with Crippen molar-refractivity contribution in [3.05, 3.63) is 24.3 Å². The molecule has 1 saturated carbocycles. The minimum atomic E-state index is -3.94. The summed E-state index contributed by atoms with van der Waals surface area (Å²) in [7, 11) is -2.43. The molecule has 0 heterocycles. The van der Waals surface area contributed by atoms with E-state index in [1.807, 2.05) is 0 Å². The summed E-state index contributed by atoms with van der Waals surface area (Å²) in [5, 5.41) is 0.